The lowest BCUT2D eigenvalue weighted by molar-refractivity contribution is 0.0539. The molecule has 5 rings (SSSR count). The zero-order chi connectivity index (χ0) is 18.4. The quantitative estimate of drug-likeness (QED) is 0.716. The van der Waals surface area contributed by atoms with Gasteiger partial charge in [0.1, 0.15) is 5.76 Å². The van der Waals surface area contributed by atoms with E-state index in [1.807, 2.05) is 24.3 Å². The van der Waals surface area contributed by atoms with Crippen molar-refractivity contribution in [1.29, 1.82) is 0 Å². The Kier molecular flexibility index (Phi) is 4.05. The van der Waals surface area contributed by atoms with Gasteiger partial charge in [-0.2, -0.15) is 0 Å². The molecule has 0 radical (unpaired) electrons. The van der Waals surface area contributed by atoms with Gasteiger partial charge in [-0.3, -0.25) is 9.69 Å². The molecule has 1 aromatic carbocycles. The van der Waals surface area contributed by atoms with Gasteiger partial charge in [-0.15, -0.1) is 0 Å². The number of furan rings is 1. The minimum Gasteiger partial charge on any atom is -0.468 e. The van der Waals surface area contributed by atoms with E-state index in [1.54, 1.807) is 6.26 Å². The van der Waals surface area contributed by atoms with Crippen LogP contribution < -0.4 is 0 Å². The first-order chi connectivity index (χ1) is 13.2. The van der Waals surface area contributed by atoms with Crippen molar-refractivity contribution in [3.8, 4) is 0 Å². The second-order valence-corrected chi connectivity index (χ2v) is 7.73. The van der Waals surface area contributed by atoms with Crippen molar-refractivity contribution in [2.75, 3.05) is 19.6 Å². The van der Waals surface area contributed by atoms with E-state index in [4.69, 9.17) is 4.42 Å². The summed E-state index contributed by atoms with van der Waals surface area (Å²) in [7, 11) is 2.08. The van der Waals surface area contributed by atoms with Crippen molar-refractivity contribution >= 4 is 16.8 Å². The average molecular weight is 363 g/mol. The van der Waals surface area contributed by atoms with Crippen LogP contribution >= 0.6 is 0 Å². The summed E-state index contributed by atoms with van der Waals surface area (Å²) >= 11 is 0. The number of amides is 1. The molecule has 4 heterocycles. The van der Waals surface area contributed by atoms with E-state index in [2.05, 4.69) is 33.5 Å². The van der Waals surface area contributed by atoms with Crippen molar-refractivity contribution in [3.05, 3.63) is 59.7 Å². The Morgan fingerprint density at radius 2 is 1.89 bits per heavy atom. The lowest BCUT2D eigenvalue weighted by Gasteiger charge is -2.40. The Morgan fingerprint density at radius 1 is 1.07 bits per heavy atom. The summed E-state index contributed by atoms with van der Waals surface area (Å²) in [5.74, 6) is 1.24. The molecule has 0 aliphatic carbocycles. The summed E-state index contributed by atoms with van der Waals surface area (Å²) in [5.41, 5.74) is 3.27. The van der Waals surface area contributed by atoms with Crippen molar-refractivity contribution in [1.82, 2.24) is 14.4 Å². The van der Waals surface area contributed by atoms with Gasteiger partial charge in [-0.25, -0.2) is 0 Å². The highest BCUT2D eigenvalue weighted by Gasteiger charge is 2.35. The first-order valence-electron chi connectivity index (χ1n) is 9.84. The Morgan fingerprint density at radius 3 is 2.67 bits per heavy atom. The molecule has 5 nitrogen and oxygen atoms in total. The molecule has 0 saturated carbocycles. The smallest absolute Gasteiger partial charge is 0.256 e. The molecule has 1 amide bonds. The second kappa shape index (κ2) is 6.57. The molecular formula is C22H25N3O2. The maximum Gasteiger partial charge on any atom is 0.256 e. The Labute approximate surface area is 159 Å². The van der Waals surface area contributed by atoms with E-state index < -0.39 is 0 Å². The van der Waals surface area contributed by atoms with Gasteiger partial charge in [0.15, 0.2) is 0 Å². The number of carbonyl (C=O) groups is 1. The zero-order valence-electron chi connectivity index (χ0n) is 15.7. The van der Waals surface area contributed by atoms with Crippen molar-refractivity contribution in [2.24, 2.45) is 7.05 Å². The molecule has 0 bridgehead atoms. The van der Waals surface area contributed by atoms with E-state index in [0.717, 1.165) is 67.7 Å². The van der Waals surface area contributed by atoms with Gasteiger partial charge in [0.25, 0.3) is 5.91 Å². The molecule has 140 valence electrons. The van der Waals surface area contributed by atoms with Crippen molar-refractivity contribution in [3.63, 3.8) is 0 Å². The number of nitrogens with zero attached hydrogens (tertiary/aromatic N) is 3. The highest BCUT2D eigenvalue weighted by molar-refractivity contribution is 6.09. The summed E-state index contributed by atoms with van der Waals surface area (Å²) in [6, 6.07) is 12.6. The molecule has 0 N–H and O–H groups in total. The van der Waals surface area contributed by atoms with Crippen LogP contribution in [0.2, 0.25) is 0 Å². The molecule has 0 atom stereocenters. The average Bonchev–Trinajstić information content (AvgIpc) is 3.30. The highest BCUT2D eigenvalue weighted by atomic mass is 16.3. The van der Waals surface area contributed by atoms with E-state index in [9.17, 15) is 4.79 Å². The van der Waals surface area contributed by atoms with E-state index in [0.29, 0.717) is 6.04 Å². The third-order valence-electron chi connectivity index (χ3n) is 6.25. The third-order valence-corrected chi connectivity index (χ3v) is 6.25. The van der Waals surface area contributed by atoms with E-state index in [1.165, 1.54) is 5.69 Å². The van der Waals surface area contributed by atoms with Gasteiger partial charge < -0.3 is 13.9 Å². The predicted octanol–water partition coefficient (Wildman–Crippen LogP) is 3.43. The molecular weight excluding hydrogens is 338 g/mol. The standard InChI is InChI=1S/C22H25N3O2/c1-23-19-7-3-2-6-18(19)21-20(23)10-13-25(22(21)26)16-8-11-24(12-9-16)15-17-5-4-14-27-17/h2-7,14,16H,8-13,15H2,1H3. The van der Waals surface area contributed by atoms with Crippen LogP contribution in [-0.2, 0) is 20.0 Å². The third kappa shape index (κ3) is 2.77. The van der Waals surface area contributed by atoms with Gasteiger partial charge in [-0.1, -0.05) is 18.2 Å². The number of para-hydroxylation sites is 1. The Balaban J connectivity index is 1.33. The molecule has 27 heavy (non-hydrogen) atoms. The van der Waals surface area contributed by atoms with Gasteiger partial charge >= 0.3 is 0 Å². The monoisotopic (exact) mass is 363 g/mol. The van der Waals surface area contributed by atoms with Crippen LogP contribution in [-0.4, -0.2) is 46.0 Å². The SMILES string of the molecule is Cn1c2c(c3ccccc31)C(=O)N(C1CCN(Cc3ccco3)CC1)CC2. The van der Waals surface area contributed by atoms with Gasteiger partial charge in [0.05, 0.1) is 18.4 Å². The summed E-state index contributed by atoms with van der Waals surface area (Å²) in [4.78, 5) is 17.9. The summed E-state index contributed by atoms with van der Waals surface area (Å²) in [5, 5.41) is 1.10. The second-order valence-electron chi connectivity index (χ2n) is 7.73. The molecule has 2 aliphatic rings. The number of likely N-dealkylation sites (tertiary alicyclic amines) is 1. The van der Waals surface area contributed by atoms with Crippen LogP contribution in [0.15, 0.2) is 47.1 Å². The zero-order valence-corrected chi connectivity index (χ0v) is 15.7. The van der Waals surface area contributed by atoms with Crippen LogP contribution in [0.25, 0.3) is 10.9 Å². The largest absolute Gasteiger partial charge is 0.468 e. The lowest BCUT2D eigenvalue weighted by atomic mass is 9.97. The van der Waals surface area contributed by atoms with Gasteiger partial charge in [0, 0.05) is 55.7 Å². The first-order valence-corrected chi connectivity index (χ1v) is 9.84. The molecule has 0 unspecified atom stereocenters. The number of carbonyl (C=O) groups excluding carboxylic acids is 1. The predicted molar refractivity (Wildman–Crippen MR) is 105 cm³/mol. The Bertz CT molecular complexity index is 965. The molecule has 5 heteroatoms. The molecule has 2 aromatic heterocycles. The number of aromatic nitrogens is 1. The van der Waals surface area contributed by atoms with E-state index in [-0.39, 0.29) is 5.91 Å². The maximum absolute atomic E-state index is 13.4. The van der Waals surface area contributed by atoms with Gasteiger partial charge in [0.2, 0.25) is 0 Å². The molecule has 0 spiro atoms. The molecule has 1 fully saturated rings. The number of aryl methyl sites for hydroxylation is 1. The topological polar surface area (TPSA) is 41.6 Å². The summed E-state index contributed by atoms with van der Waals surface area (Å²) < 4.78 is 7.67. The summed E-state index contributed by atoms with van der Waals surface area (Å²) in [6.45, 7) is 3.72. The summed E-state index contributed by atoms with van der Waals surface area (Å²) in [6.07, 6.45) is 4.74. The number of fused-ring (bicyclic) bond motifs is 3. The number of benzene rings is 1. The Hall–Kier alpha value is -2.53. The van der Waals surface area contributed by atoms with Crippen LogP contribution in [0.4, 0.5) is 0 Å². The normalized spacial score (nSPS) is 19.0. The van der Waals surface area contributed by atoms with Crippen molar-refractivity contribution in [2.45, 2.75) is 31.8 Å². The number of hydrogen-bond acceptors (Lipinski definition) is 3. The van der Waals surface area contributed by atoms with Crippen LogP contribution in [0.3, 0.4) is 0 Å². The minimum absolute atomic E-state index is 0.220. The van der Waals surface area contributed by atoms with Crippen molar-refractivity contribution < 1.29 is 9.21 Å². The number of piperidine rings is 1. The van der Waals surface area contributed by atoms with Crippen LogP contribution in [0, 0.1) is 0 Å². The fraction of sp³-hybridized carbons (Fsp3) is 0.409. The molecule has 2 aliphatic heterocycles. The minimum atomic E-state index is 0.220. The fourth-order valence-electron chi connectivity index (χ4n) is 4.81. The van der Waals surface area contributed by atoms with E-state index >= 15 is 0 Å². The highest BCUT2D eigenvalue weighted by Crippen LogP contribution is 2.32. The lowest BCUT2D eigenvalue weighted by Crippen LogP contribution is -2.49. The molecule has 3 aromatic rings. The number of hydrogen-bond donors (Lipinski definition) is 0. The first kappa shape index (κ1) is 16.6. The fourth-order valence-corrected chi connectivity index (χ4v) is 4.81. The van der Waals surface area contributed by atoms with Gasteiger partial charge in [-0.05, 0) is 31.0 Å². The number of rotatable bonds is 3. The van der Waals surface area contributed by atoms with Crippen LogP contribution in [0.1, 0.15) is 34.7 Å². The molecule has 1 saturated heterocycles. The maximum atomic E-state index is 13.4. The van der Waals surface area contributed by atoms with Crippen LogP contribution in [0.5, 0.6) is 0 Å².